The van der Waals surface area contributed by atoms with Crippen LogP contribution >= 0.6 is 15.9 Å². The van der Waals surface area contributed by atoms with Gasteiger partial charge in [0.2, 0.25) is 0 Å². The second-order valence-electron chi connectivity index (χ2n) is 4.39. The summed E-state index contributed by atoms with van der Waals surface area (Å²) in [5.41, 5.74) is 14.0. The van der Waals surface area contributed by atoms with Crippen molar-refractivity contribution in [1.82, 2.24) is 4.98 Å². The second-order valence-corrected chi connectivity index (χ2v) is 5.24. The molecule has 5 N–H and O–H groups in total. The smallest absolute Gasteiger partial charge is 0.252 e. The number of aromatic amines is 1. The summed E-state index contributed by atoms with van der Waals surface area (Å²) in [6, 6.07) is 5.64. The Morgan fingerprint density at radius 3 is 2.52 bits per heavy atom. The zero-order valence-electron chi connectivity index (χ0n) is 11.3. The Kier molecular flexibility index (Phi) is 5.43. The molecule has 1 amide bonds. The molecule has 0 saturated carbocycles. The number of methoxy groups -OCH3 is 1. The topological polar surface area (TPSA) is 94.1 Å². The summed E-state index contributed by atoms with van der Waals surface area (Å²) in [6.07, 6.45) is 0.883. The number of nitrogens with two attached hydrogens (primary N) is 2. The summed E-state index contributed by atoms with van der Waals surface area (Å²) in [7, 11) is 1.59. The Hall–Kier alpha value is -1.95. The summed E-state index contributed by atoms with van der Waals surface area (Å²) >= 11 is 3.49. The van der Waals surface area contributed by atoms with Crippen molar-refractivity contribution < 1.29 is 9.53 Å². The lowest BCUT2D eigenvalue weighted by Gasteiger charge is -2.11. The van der Waals surface area contributed by atoms with Crippen molar-refractivity contribution in [3.63, 3.8) is 0 Å². The summed E-state index contributed by atoms with van der Waals surface area (Å²) in [5, 5.41) is 0. The van der Waals surface area contributed by atoms with E-state index in [1.807, 2.05) is 12.1 Å². The molecule has 0 aliphatic carbocycles. The van der Waals surface area contributed by atoms with E-state index >= 15 is 0 Å². The van der Waals surface area contributed by atoms with Gasteiger partial charge in [-0.05, 0) is 46.1 Å². The molecule has 114 valence electrons. The minimum Gasteiger partial charge on any atom is -0.495 e. The predicted molar refractivity (Wildman–Crippen MR) is 89.5 cm³/mol. The van der Waals surface area contributed by atoms with Gasteiger partial charge >= 0.3 is 0 Å². The first-order valence-electron chi connectivity index (χ1n) is 6.13. The van der Waals surface area contributed by atoms with Gasteiger partial charge in [0, 0.05) is 5.56 Å². The number of rotatable bonds is 4. The van der Waals surface area contributed by atoms with E-state index in [2.05, 4.69) is 27.8 Å². The highest BCUT2D eigenvalue weighted by atomic mass is 79.9. The molecule has 21 heavy (non-hydrogen) atoms. The number of nitrogens with one attached hydrogen (secondary N) is 1. The summed E-state index contributed by atoms with van der Waals surface area (Å²) < 4.78 is 6.27. The molecule has 1 heterocycles. The van der Waals surface area contributed by atoms with Crippen molar-refractivity contribution in [3.05, 3.63) is 33.8 Å². The molecule has 2 rings (SSSR count). The van der Waals surface area contributed by atoms with Gasteiger partial charge in [0.05, 0.1) is 22.8 Å². The van der Waals surface area contributed by atoms with Crippen LogP contribution in [0.4, 0.5) is 5.82 Å². The molecule has 0 unspecified atom stereocenters. The molecular formula is C15H20BrN3O2. The van der Waals surface area contributed by atoms with Crippen LogP contribution in [0.15, 0.2) is 22.7 Å². The Morgan fingerprint density at radius 1 is 1.38 bits per heavy atom. The Bertz CT molecular complexity index is 665. The number of hydrogen-bond donors (Lipinski definition) is 3. The van der Waals surface area contributed by atoms with Crippen LogP contribution in [-0.2, 0) is 6.42 Å². The highest BCUT2D eigenvalue weighted by Gasteiger charge is 2.17. The number of amides is 1. The molecule has 1 aromatic heterocycles. The standard InChI is InChI=1S/C14H16BrN3O2.CH4/c1-3-7-4-8(12(20-2)10(15)5-7)11-6-9(14(17)19)13(16)18-11;/h4-6,18H,3,16H2,1-2H3,(H2,17,19);1H4. The number of aromatic nitrogens is 1. The number of primary amides is 1. The molecule has 0 bridgehead atoms. The zero-order valence-corrected chi connectivity index (χ0v) is 12.9. The van der Waals surface area contributed by atoms with Crippen molar-refractivity contribution in [2.75, 3.05) is 12.8 Å². The Morgan fingerprint density at radius 2 is 2.05 bits per heavy atom. The SMILES string of the molecule is C.CCc1cc(Br)c(OC)c(-c2cc(C(N)=O)c(N)[nH]2)c1. The van der Waals surface area contributed by atoms with Crippen LogP contribution in [0.2, 0.25) is 0 Å². The van der Waals surface area contributed by atoms with E-state index in [0.29, 0.717) is 11.4 Å². The minimum absolute atomic E-state index is 0. The van der Waals surface area contributed by atoms with E-state index in [9.17, 15) is 4.79 Å². The van der Waals surface area contributed by atoms with Crippen molar-refractivity contribution >= 4 is 27.7 Å². The number of benzene rings is 1. The molecule has 6 heteroatoms. The predicted octanol–water partition coefficient (Wildman–Crippen LogP) is 3.33. The van der Waals surface area contributed by atoms with Gasteiger partial charge in [-0.3, -0.25) is 4.79 Å². The monoisotopic (exact) mass is 353 g/mol. The lowest BCUT2D eigenvalue weighted by molar-refractivity contribution is 0.100. The molecule has 0 aliphatic rings. The largest absolute Gasteiger partial charge is 0.495 e. The zero-order chi connectivity index (χ0) is 14.9. The van der Waals surface area contributed by atoms with Gasteiger partial charge in [0.25, 0.3) is 5.91 Å². The third-order valence-electron chi connectivity index (χ3n) is 3.12. The third kappa shape index (κ3) is 3.21. The van der Waals surface area contributed by atoms with E-state index < -0.39 is 5.91 Å². The van der Waals surface area contributed by atoms with Crippen LogP contribution in [0.1, 0.15) is 30.3 Å². The van der Waals surface area contributed by atoms with Gasteiger partial charge < -0.3 is 21.2 Å². The summed E-state index contributed by atoms with van der Waals surface area (Å²) in [6.45, 7) is 2.07. The molecule has 2 aromatic rings. The maximum atomic E-state index is 11.3. The molecule has 0 saturated heterocycles. The van der Waals surface area contributed by atoms with E-state index in [1.54, 1.807) is 13.2 Å². The van der Waals surface area contributed by atoms with E-state index in [1.165, 1.54) is 0 Å². The van der Waals surface area contributed by atoms with Gasteiger partial charge in [-0.2, -0.15) is 0 Å². The number of carbonyl (C=O) groups is 1. The number of anilines is 1. The number of aryl methyl sites for hydroxylation is 1. The number of ether oxygens (including phenoxy) is 1. The van der Waals surface area contributed by atoms with Gasteiger partial charge in [0.1, 0.15) is 11.6 Å². The van der Waals surface area contributed by atoms with Crippen LogP contribution in [0.25, 0.3) is 11.3 Å². The van der Waals surface area contributed by atoms with Gasteiger partial charge in [-0.25, -0.2) is 0 Å². The fourth-order valence-corrected chi connectivity index (χ4v) is 2.75. The summed E-state index contributed by atoms with van der Waals surface area (Å²) in [4.78, 5) is 14.3. The number of hydrogen-bond acceptors (Lipinski definition) is 3. The maximum Gasteiger partial charge on any atom is 0.252 e. The molecule has 1 aromatic carbocycles. The van der Waals surface area contributed by atoms with E-state index in [-0.39, 0.29) is 18.8 Å². The van der Waals surface area contributed by atoms with Crippen molar-refractivity contribution in [1.29, 1.82) is 0 Å². The quantitative estimate of drug-likeness (QED) is 0.786. The first-order valence-corrected chi connectivity index (χ1v) is 6.92. The molecule has 5 nitrogen and oxygen atoms in total. The third-order valence-corrected chi connectivity index (χ3v) is 3.71. The normalized spacial score (nSPS) is 10.0. The van der Waals surface area contributed by atoms with Crippen molar-refractivity contribution in [2.45, 2.75) is 20.8 Å². The van der Waals surface area contributed by atoms with Gasteiger partial charge in [-0.15, -0.1) is 0 Å². The Balaban J connectivity index is 0.00000220. The maximum absolute atomic E-state index is 11.3. The van der Waals surface area contributed by atoms with Crippen LogP contribution < -0.4 is 16.2 Å². The van der Waals surface area contributed by atoms with Crippen LogP contribution in [0.5, 0.6) is 5.75 Å². The lowest BCUT2D eigenvalue weighted by atomic mass is 10.0. The first-order chi connectivity index (χ1) is 9.47. The number of carbonyl (C=O) groups excluding carboxylic acids is 1. The van der Waals surface area contributed by atoms with Crippen molar-refractivity contribution in [2.24, 2.45) is 5.73 Å². The van der Waals surface area contributed by atoms with Crippen LogP contribution in [0.3, 0.4) is 0 Å². The van der Waals surface area contributed by atoms with Crippen LogP contribution in [0, 0.1) is 0 Å². The Labute approximate surface area is 132 Å². The van der Waals surface area contributed by atoms with Gasteiger partial charge in [0.15, 0.2) is 0 Å². The molecule has 0 spiro atoms. The molecule has 0 fully saturated rings. The van der Waals surface area contributed by atoms with Gasteiger partial charge in [-0.1, -0.05) is 14.4 Å². The lowest BCUT2D eigenvalue weighted by Crippen LogP contribution is -2.11. The number of nitrogen functional groups attached to an aromatic ring is 1. The highest BCUT2D eigenvalue weighted by Crippen LogP contribution is 2.38. The molecule has 0 aliphatic heterocycles. The molecule has 0 radical (unpaired) electrons. The summed E-state index contributed by atoms with van der Waals surface area (Å²) in [5.74, 6) is 0.377. The minimum atomic E-state index is -0.560. The number of halogens is 1. The molecule has 0 atom stereocenters. The molecular weight excluding hydrogens is 334 g/mol. The van der Waals surface area contributed by atoms with Crippen LogP contribution in [-0.4, -0.2) is 18.0 Å². The first kappa shape index (κ1) is 17.1. The fourth-order valence-electron chi connectivity index (χ4n) is 2.08. The van der Waals surface area contributed by atoms with Crippen molar-refractivity contribution in [3.8, 4) is 17.0 Å². The average Bonchev–Trinajstić information content (AvgIpc) is 2.79. The second kappa shape index (κ2) is 6.67. The van der Waals surface area contributed by atoms with E-state index in [4.69, 9.17) is 16.2 Å². The highest BCUT2D eigenvalue weighted by molar-refractivity contribution is 9.10. The fraction of sp³-hybridized carbons (Fsp3) is 0.267. The average molecular weight is 354 g/mol. The number of H-pyrrole nitrogens is 1. The van der Waals surface area contributed by atoms with E-state index in [0.717, 1.165) is 22.0 Å².